The molecule has 1 aromatic carbocycles. The van der Waals surface area contributed by atoms with Crippen LogP contribution in [0.2, 0.25) is 0 Å². The van der Waals surface area contributed by atoms with Gasteiger partial charge >= 0.3 is 0 Å². The number of benzene rings is 1. The van der Waals surface area contributed by atoms with Crippen molar-refractivity contribution in [2.45, 2.75) is 12.6 Å². The summed E-state index contributed by atoms with van der Waals surface area (Å²) in [6.45, 7) is 2.88. The Kier molecular flexibility index (Phi) is 4.74. The summed E-state index contributed by atoms with van der Waals surface area (Å²) >= 11 is 1.87. The van der Waals surface area contributed by atoms with Gasteiger partial charge in [-0.15, -0.1) is 0 Å². The number of azide groups is 1. The standard InChI is InChI=1S/C12H16N4S/c13-15-14-12-9-16(6-7-17-10-12)8-11-4-2-1-3-5-11/h1-5,12H,6-10H2. The van der Waals surface area contributed by atoms with E-state index in [2.05, 4.69) is 39.2 Å². The minimum Gasteiger partial charge on any atom is -0.298 e. The molecule has 0 amide bonds. The summed E-state index contributed by atoms with van der Waals surface area (Å²) in [4.78, 5) is 5.30. The highest BCUT2D eigenvalue weighted by Crippen LogP contribution is 2.15. The van der Waals surface area contributed by atoms with Crippen molar-refractivity contribution in [3.8, 4) is 0 Å². The van der Waals surface area contributed by atoms with E-state index >= 15 is 0 Å². The molecule has 0 spiro atoms. The quantitative estimate of drug-likeness (QED) is 0.469. The molecule has 0 aromatic heterocycles. The van der Waals surface area contributed by atoms with E-state index in [1.54, 1.807) is 0 Å². The predicted molar refractivity (Wildman–Crippen MR) is 72.0 cm³/mol. The minimum absolute atomic E-state index is 0.108. The lowest BCUT2D eigenvalue weighted by molar-refractivity contribution is 0.274. The summed E-state index contributed by atoms with van der Waals surface area (Å²) in [5, 5.41) is 3.85. The Labute approximate surface area is 106 Å². The Balaban J connectivity index is 1.97. The van der Waals surface area contributed by atoms with E-state index in [-0.39, 0.29) is 6.04 Å². The van der Waals surface area contributed by atoms with Gasteiger partial charge in [0.15, 0.2) is 0 Å². The predicted octanol–water partition coefficient (Wildman–Crippen LogP) is 2.91. The second-order valence-corrected chi connectivity index (χ2v) is 5.30. The van der Waals surface area contributed by atoms with Crippen molar-refractivity contribution in [3.05, 3.63) is 46.3 Å². The van der Waals surface area contributed by atoms with Crippen LogP contribution in [0.1, 0.15) is 5.56 Å². The zero-order valence-corrected chi connectivity index (χ0v) is 10.5. The highest BCUT2D eigenvalue weighted by molar-refractivity contribution is 7.99. The lowest BCUT2D eigenvalue weighted by atomic mass is 10.2. The van der Waals surface area contributed by atoms with Crippen LogP contribution in [-0.2, 0) is 6.54 Å². The zero-order chi connectivity index (χ0) is 11.9. The van der Waals surface area contributed by atoms with Gasteiger partial charge in [-0.25, -0.2) is 0 Å². The molecule has 90 valence electrons. The Morgan fingerprint density at radius 1 is 1.41 bits per heavy atom. The fourth-order valence-electron chi connectivity index (χ4n) is 1.98. The molecule has 1 aromatic rings. The lowest BCUT2D eigenvalue weighted by Gasteiger charge is -2.21. The SMILES string of the molecule is [N-]=[N+]=NC1CSCCN(Cc2ccccc2)C1. The third-order valence-corrected chi connectivity index (χ3v) is 3.89. The molecule has 1 aliphatic heterocycles. The van der Waals surface area contributed by atoms with Crippen molar-refractivity contribution in [1.82, 2.24) is 4.90 Å². The Hall–Kier alpha value is -1.16. The smallest absolute Gasteiger partial charge is 0.0591 e. The first-order valence-corrected chi connectivity index (χ1v) is 6.92. The van der Waals surface area contributed by atoms with Crippen LogP contribution in [0.4, 0.5) is 0 Å². The molecule has 1 heterocycles. The van der Waals surface area contributed by atoms with Crippen molar-refractivity contribution >= 4 is 11.8 Å². The van der Waals surface area contributed by atoms with Crippen molar-refractivity contribution in [1.29, 1.82) is 0 Å². The van der Waals surface area contributed by atoms with Gasteiger partial charge in [0.25, 0.3) is 0 Å². The molecule has 4 nitrogen and oxygen atoms in total. The van der Waals surface area contributed by atoms with Crippen LogP contribution in [0.3, 0.4) is 0 Å². The zero-order valence-electron chi connectivity index (χ0n) is 9.70. The number of hydrogen-bond acceptors (Lipinski definition) is 3. The van der Waals surface area contributed by atoms with Crippen LogP contribution in [-0.4, -0.2) is 35.5 Å². The molecule has 1 aliphatic rings. The van der Waals surface area contributed by atoms with E-state index in [4.69, 9.17) is 5.53 Å². The summed E-state index contributed by atoms with van der Waals surface area (Å²) in [5.74, 6) is 2.06. The van der Waals surface area contributed by atoms with Gasteiger partial charge in [-0.05, 0) is 11.1 Å². The van der Waals surface area contributed by atoms with Crippen molar-refractivity contribution in [3.63, 3.8) is 0 Å². The first-order chi connectivity index (χ1) is 8.38. The third-order valence-electron chi connectivity index (χ3n) is 2.79. The maximum Gasteiger partial charge on any atom is 0.0591 e. The normalized spacial score (nSPS) is 21.5. The van der Waals surface area contributed by atoms with Crippen LogP contribution in [0.5, 0.6) is 0 Å². The second-order valence-electron chi connectivity index (χ2n) is 4.15. The van der Waals surface area contributed by atoms with E-state index in [0.29, 0.717) is 0 Å². The van der Waals surface area contributed by atoms with E-state index in [1.165, 1.54) is 5.56 Å². The van der Waals surface area contributed by atoms with E-state index < -0.39 is 0 Å². The van der Waals surface area contributed by atoms with Gasteiger partial charge in [0.2, 0.25) is 0 Å². The molecule has 1 fully saturated rings. The van der Waals surface area contributed by atoms with E-state index in [0.717, 1.165) is 31.1 Å². The first-order valence-electron chi connectivity index (χ1n) is 5.76. The maximum atomic E-state index is 8.52. The molecule has 5 heteroatoms. The van der Waals surface area contributed by atoms with Gasteiger partial charge < -0.3 is 0 Å². The highest BCUT2D eigenvalue weighted by Gasteiger charge is 2.17. The highest BCUT2D eigenvalue weighted by atomic mass is 32.2. The molecule has 17 heavy (non-hydrogen) atoms. The molecule has 0 saturated carbocycles. The van der Waals surface area contributed by atoms with Crippen molar-refractivity contribution < 1.29 is 0 Å². The van der Waals surface area contributed by atoms with Crippen LogP contribution in [0.15, 0.2) is 35.4 Å². The molecule has 2 rings (SSSR count). The second kappa shape index (κ2) is 6.55. The molecule has 1 atom stereocenters. The third kappa shape index (κ3) is 3.97. The van der Waals surface area contributed by atoms with E-state index in [9.17, 15) is 0 Å². The molecule has 0 N–H and O–H groups in total. The molecule has 0 bridgehead atoms. The van der Waals surface area contributed by atoms with E-state index in [1.807, 2.05) is 17.8 Å². The van der Waals surface area contributed by atoms with Gasteiger partial charge in [-0.2, -0.15) is 11.8 Å². The van der Waals surface area contributed by atoms with Gasteiger partial charge in [0.05, 0.1) is 6.04 Å². The van der Waals surface area contributed by atoms with Crippen LogP contribution >= 0.6 is 11.8 Å². The van der Waals surface area contributed by atoms with Crippen LogP contribution < -0.4 is 0 Å². The monoisotopic (exact) mass is 248 g/mol. The number of rotatable bonds is 3. The van der Waals surface area contributed by atoms with Crippen molar-refractivity contribution in [2.75, 3.05) is 24.6 Å². The Morgan fingerprint density at radius 3 is 3.00 bits per heavy atom. The largest absolute Gasteiger partial charge is 0.298 e. The Bertz CT molecular complexity index is 389. The van der Waals surface area contributed by atoms with Crippen molar-refractivity contribution in [2.24, 2.45) is 5.11 Å². The average Bonchev–Trinajstić information content (AvgIpc) is 2.56. The molecule has 0 aliphatic carbocycles. The number of thioether (sulfide) groups is 1. The molecule has 1 unspecified atom stereocenters. The summed E-state index contributed by atoms with van der Waals surface area (Å²) in [7, 11) is 0. The fourth-order valence-corrected chi connectivity index (χ4v) is 2.98. The molecular formula is C12H16N4S. The van der Waals surface area contributed by atoms with Gasteiger partial charge in [0.1, 0.15) is 0 Å². The van der Waals surface area contributed by atoms with Crippen LogP contribution in [0, 0.1) is 0 Å². The van der Waals surface area contributed by atoms with Crippen LogP contribution in [0.25, 0.3) is 10.4 Å². The summed E-state index contributed by atoms with van der Waals surface area (Å²) in [5.41, 5.74) is 9.84. The summed E-state index contributed by atoms with van der Waals surface area (Å²) in [6, 6.07) is 10.5. The van der Waals surface area contributed by atoms with Gasteiger partial charge in [-0.3, -0.25) is 4.90 Å². The topological polar surface area (TPSA) is 52.0 Å². The summed E-state index contributed by atoms with van der Waals surface area (Å²) < 4.78 is 0. The minimum atomic E-state index is 0.108. The fraction of sp³-hybridized carbons (Fsp3) is 0.500. The van der Waals surface area contributed by atoms with Gasteiger partial charge in [0, 0.05) is 36.1 Å². The first kappa shape index (κ1) is 12.3. The number of nitrogens with zero attached hydrogens (tertiary/aromatic N) is 4. The Morgan fingerprint density at radius 2 is 2.24 bits per heavy atom. The average molecular weight is 248 g/mol. The lowest BCUT2D eigenvalue weighted by Crippen LogP contribution is -2.31. The summed E-state index contributed by atoms with van der Waals surface area (Å²) in [6.07, 6.45) is 0. The van der Waals surface area contributed by atoms with Gasteiger partial charge in [-0.1, -0.05) is 35.4 Å². The number of hydrogen-bond donors (Lipinski definition) is 0. The molecule has 1 saturated heterocycles. The maximum absolute atomic E-state index is 8.52. The molecular weight excluding hydrogens is 232 g/mol. The molecule has 0 radical (unpaired) electrons.